The molecule has 2 heterocycles. The number of nitrogens with zero attached hydrogens (tertiary/aromatic N) is 3. The van der Waals surface area contributed by atoms with Gasteiger partial charge in [-0.05, 0) is 33.8 Å². The van der Waals surface area contributed by atoms with Crippen LogP contribution in [0, 0.1) is 6.92 Å². The summed E-state index contributed by atoms with van der Waals surface area (Å²) >= 11 is 10.4. The second-order valence-corrected chi connectivity index (χ2v) is 7.83. The van der Waals surface area contributed by atoms with Crippen molar-refractivity contribution in [2.45, 2.75) is 33.2 Å². The van der Waals surface area contributed by atoms with E-state index in [0.29, 0.717) is 11.0 Å². The smallest absolute Gasteiger partial charge is 0.147 e. The third kappa shape index (κ3) is 2.62. The number of benzene rings is 1. The minimum absolute atomic E-state index is 0.231. The van der Waals surface area contributed by atoms with E-state index in [-0.39, 0.29) is 5.54 Å². The van der Waals surface area contributed by atoms with Gasteiger partial charge in [-0.25, -0.2) is 9.97 Å². The largest absolute Gasteiger partial charge is 0.383 e. The summed E-state index contributed by atoms with van der Waals surface area (Å²) in [6, 6.07) is 6.15. The van der Waals surface area contributed by atoms with Crippen LogP contribution in [-0.2, 0) is 5.54 Å². The van der Waals surface area contributed by atoms with Gasteiger partial charge in [-0.3, -0.25) is 0 Å². The highest BCUT2D eigenvalue weighted by atomic mass is 79.9. The molecule has 23 heavy (non-hydrogen) atoms. The summed E-state index contributed by atoms with van der Waals surface area (Å²) < 4.78 is 2.97. The van der Waals surface area contributed by atoms with Crippen LogP contribution in [0.5, 0.6) is 0 Å². The number of nitrogen functional groups attached to an aromatic ring is 1. The lowest BCUT2D eigenvalue weighted by Gasteiger charge is -2.23. The summed E-state index contributed by atoms with van der Waals surface area (Å²) in [7, 11) is 0. The van der Waals surface area contributed by atoms with Crippen LogP contribution >= 0.6 is 27.5 Å². The Kier molecular flexibility index (Phi) is 3.89. The number of hydrogen-bond donors (Lipinski definition) is 1. The van der Waals surface area contributed by atoms with Crippen molar-refractivity contribution in [2.24, 2.45) is 0 Å². The summed E-state index contributed by atoms with van der Waals surface area (Å²) in [5, 5.41) is 1.41. The van der Waals surface area contributed by atoms with Crippen molar-refractivity contribution in [1.29, 1.82) is 0 Å². The van der Waals surface area contributed by atoms with Gasteiger partial charge in [0.2, 0.25) is 0 Å². The van der Waals surface area contributed by atoms with E-state index in [0.717, 1.165) is 32.2 Å². The molecule has 2 N–H and O–H groups in total. The number of hydrogen-bond acceptors (Lipinski definition) is 3. The summed E-state index contributed by atoms with van der Waals surface area (Å²) in [5.41, 5.74) is 9.69. The van der Waals surface area contributed by atoms with Crippen molar-refractivity contribution in [3.05, 3.63) is 39.7 Å². The SMILES string of the molecule is Cc1ccc(Br)c(-c2c(Cl)n(C(C)(C)C)c3ncnc(N)c23)c1. The Morgan fingerprint density at radius 3 is 2.57 bits per heavy atom. The number of anilines is 1. The van der Waals surface area contributed by atoms with Crippen LogP contribution in [0.25, 0.3) is 22.2 Å². The fraction of sp³-hybridized carbons (Fsp3) is 0.294. The summed E-state index contributed by atoms with van der Waals surface area (Å²) in [4.78, 5) is 8.60. The molecule has 0 radical (unpaired) electrons. The van der Waals surface area contributed by atoms with Gasteiger partial charge >= 0.3 is 0 Å². The topological polar surface area (TPSA) is 56.7 Å². The van der Waals surface area contributed by atoms with Gasteiger partial charge in [0.05, 0.1) is 5.39 Å². The molecule has 0 amide bonds. The number of halogens is 2. The molecule has 0 saturated heterocycles. The maximum Gasteiger partial charge on any atom is 0.147 e. The zero-order chi connectivity index (χ0) is 16.9. The van der Waals surface area contributed by atoms with Crippen molar-refractivity contribution in [3.63, 3.8) is 0 Å². The van der Waals surface area contributed by atoms with Gasteiger partial charge < -0.3 is 10.3 Å². The Morgan fingerprint density at radius 2 is 1.91 bits per heavy atom. The first-order valence-corrected chi connectivity index (χ1v) is 8.46. The average molecular weight is 394 g/mol. The van der Waals surface area contributed by atoms with Crippen LogP contribution in [0.2, 0.25) is 5.15 Å². The van der Waals surface area contributed by atoms with Gasteiger partial charge in [0, 0.05) is 21.1 Å². The Labute approximate surface area is 148 Å². The predicted octanol–water partition coefficient (Wildman–Crippen LogP) is 5.16. The van der Waals surface area contributed by atoms with Crippen molar-refractivity contribution >= 4 is 44.4 Å². The van der Waals surface area contributed by atoms with E-state index in [1.807, 2.05) is 23.6 Å². The maximum absolute atomic E-state index is 6.79. The standard InChI is InChI=1S/C17H18BrClN4/c1-9-5-6-11(18)10(7-9)12-13-15(20)21-8-22-16(13)23(14(12)19)17(2,3)4/h5-8H,1-4H3,(H2,20,21,22). The molecule has 0 aliphatic rings. The number of fused-ring (bicyclic) bond motifs is 1. The van der Waals surface area contributed by atoms with Gasteiger partial charge in [-0.1, -0.05) is 45.2 Å². The molecule has 0 fully saturated rings. The van der Waals surface area contributed by atoms with Crippen LogP contribution in [0.1, 0.15) is 26.3 Å². The van der Waals surface area contributed by atoms with Crippen molar-refractivity contribution < 1.29 is 0 Å². The summed E-state index contributed by atoms with van der Waals surface area (Å²) in [6.07, 6.45) is 1.48. The highest BCUT2D eigenvalue weighted by Crippen LogP contribution is 2.44. The molecule has 4 nitrogen and oxygen atoms in total. The molecule has 120 valence electrons. The molecule has 0 unspecified atom stereocenters. The van der Waals surface area contributed by atoms with Gasteiger partial charge in [0.25, 0.3) is 0 Å². The van der Waals surface area contributed by atoms with Gasteiger partial charge in [-0.15, -0.1) is 0 Å². The average Bonchev–Trinajstić information content (AvgIpc) is 2.75. The Bertz CT molecular complexity index is 909. The fourth-order valence-corrected chi connectivity index (χ4v) is 3.77. The lowest BCUT2D eigenvalue weighted by atomic mass is 10.0. The Morgan fingerprint density at radius 1 is 1.22 bits per heavy atom. The first kappa shape index (κ1) is 16.3. The number of aromatic nitrogens is 3. The number of aryl methyl sites for hydroxylation is 1. The zero-order valence-electron chi connectivity index (χ0n) is 13.5. The third-order valence-electron chi connectivity index (χ3n) is 3.78. The van der Waals surface area contributed by atoms with Crippen LogP contribution in [0.15, 0.2) is 29.0 Å². The molecule has 0 aliphatic heterocycles. The highest BCUT2D eigenvalue weighted by Gasteiger charge is 2.27. The lowest BCUT2D eigenvalue weighted by molar-refractivity contribution is 0.409. The molecule has 1 aromatic carbocycles. The van der Waals surface area contributed by atoms with Crippen molar-refractivity contribution in [2.75, 3.05) is 5.73 Å². The van der Waals surface area contributed by atoms with E-state index < -0.39 is 0 Å². The lowest BCUT2D eigenvalue weighted by Crippen LogP contribution is -2.22. The van der Waals surface area contributed by atoms with E-state index in [9.17, 15) is 0 Å². The molecule has 0 bridgehead atoms. The van der Waals surface area contributed by atoms with Crippen LogP contribution in [0.4, 0.5) is 5.82 Å². The Balaban J connectivity index is 2.51. The molecule has 3 aromatic rings. The second-order valence-electron chi connectivity index (χ2n) is 6.61. The molecule has 0 atom stereocenters. The van der Waals surface area contributed by atoms with E-state index in [1.54, 1.807) is 0 Å². The molecule has 0 spiro atoms. The first-order chi connectivity index (χ1) is 10.7. The minimum atomic E-state index is -0.231. The van der Waals surface area contributed by atoms with Crippen LogP contribution in [-0.4, -0.2) is 14.5 Å². The van der Waals surface area contributed by atoms with Gasteiger partial charge in [0.15, 0.2) is 0 Å². The van der Waals surface area contributed by atoms with E-state index in [2.05, 4.69) is 52.7 Å². The first-order valence-electron chi connectivity index (χ1n) is 7.29. The number of nitrogens with two attached hydrogens (primary N) is 1. The van der Waals surface area contributed by atoms with Crippen molar-refractivity contribution in [3.8, 4) is 11.1 Å². The minimum Gasteiger partial charge on any atom is -0.383 e. The second kappa shape index (κ2) is 5.49. The third-order valence-corrected chi connectivity index (χ3v) is 4.83. The normalized spacial score (nSPS) is 12.1. The van der Waals surface area contributed by atoms with E-state index >= 15 is 0 Å². The molecular formula is C17H18BrClN4. The molecule has 0 saturated carbocycles. The molecule has 0 aliphatic carbocycles. The monoisotopic (exact) mass is 392 g/mol. The fourth-order valence-electron chi connectivity index (χ4n) is 2.80. The molecular weight excluding hydrogens is 376 g/mol. The summed E-state index contributed by atoms with van der Waals surface area (Å²) in [5.74, 6) is 0.434. The van der Waals surface area contributed by atoms with Gasteiger partial charge in [0.1, 0.15) is 22.9 Å². The molecule has 2 aromatic heterocycles. The van der Waals surface area contributed by atoms with Crippen molar-refractivity contribution in [1.82, 2.24) is 14.5 Å². The zero-order valence-corrected chi connectivity index (χ0v) is 15.8. The predicted molar refractivity (Wildman–Crippen MR) is 99.8 cm³/mol. The highest BCUT2D eigenvalue weighted by molar-refractivity contribution is 9.10. The van der Waals surface area contributed by atoms with E-state index in [4.69, 9.17) is 17.3 Å². The van der Waals surface area contributed by atoms with Gasteiger partial charge in [-0.2, -0.15) is 0 Å². The maximum atomic E-state index is 6.79. The Hall–Kier alpha value is -1.59. The van der Waals surface area contributed by atoms with Crippen LogP contribution < -0.4 is 5.73 Å². The summed E-state index contributed by atoms with van der Waals surface area (Å²) in [6.45, 7) is 8.32. The quantitative estimate of drug-likeness (QED) is 0.621. The molecule has 3 rings (SSSR count). The molecule has 6 heteroatoms. The van der Waals surface area contributed by atoms with Crippen LogP contribution in [0.3, 0.4) is 0 Å². The van der Waals surface area contributed by atoms with E-state index in [1.165, 1.54) is 6.33 Å². The number of rotatable bonds is 1.